The van der Waals surface area contributed by atoms with Gasteiger partial charge >= 0.3 is 0 Å². The summed E-state index contributed by atoms with van der Waals surface area (Å²) in [6.07, 6.45) is 3.00. The van der Waals surface area contributed by atoms with Gasteiger partial charge in [-0.25, -0.2) is 13.4 Å². The highest BCUT2D eigenvalue weighted by molar-refractivity contribution is 8.13. The van der Waals surface area contributed by atoms with E-state index >= 15 is 0 Å². The third-order valence-corrected chi connectivity index (χ3v) is 4.63. The zero-order valence-corrected chi connectivity index (χ0v) is 14.1. The van der Waals surface area contributed by atoms with Gasteiger partial charge in [0.2, 0.25) is 0 Å². The summed E-state index contributed by atoms with van der Waals surface area (Å²) < 4.78 is 24.6. The van der Waals surface area contributed by atoms with E-state index in [2.05, 4.69) is 4.98 Å². The van der Waals surface area contributed by atoms with Crippen LogP contribution in [0.15, 0.2) is 29.4 Å². The molecule has 0 saturated carbocycles. The zero-order chi connectivity index (χ0) is 15.6. The number of aromatic nitrogens is 2. The highest BCUT2D eigenvalue weighted by Crippen LogP contribution is 2.21. The molecule has 4 nitrogen and oxygen atoms in total. The van der Waals surface area contributed by atoms with Crippen molar-refractivity contribution in [3.63, 3.8) is 0 Å². The Kier molecular flexibility index (Phi) is 4.96. The van der Waals surface area contributed by atoms with E-state index in [4.69, 9.17) is 22.3 Å². The molecule has 0 atom stereocenters. The Balaban J connectivity index is 2.40. The van der Waals surface area contributed by atoms with E-state index in [9.17, 15) is 8.42 Å². The van der Waals surface area contributed by atoms with Gasteiger partial charge in [0.15, 0.2) is 5.03 Å². The Hall–Kier alpha value is -1.04. The maximum absolute atomic E-state index is 11.4. The second-order valence-corrected chi connectivity index (χ2v) is 7.83. The average Bonchev–Trinajstić information content (AvgIpc) is 2.76. The Morgan fingerprint density at radius 3 is 2.62 bits per heavy atom. The fourth-order valence-electron chi connectivity index (χ4n) is 2.07. The lowest BCUT2D eigenvalue weighted by molar-refractivity contribution is 0.606. The van der Waals surface area contributed by atoms with Crippen LogP contribution in [0.3, 0.4) is 0 Å². The predicted octanol–water partition coefficient (Wildman–Crippen LogP) is 3.77. The summed E-state index contributed by atoms with van der Waals surface area (Å²) in [5.41, 5.74) is 1.99. The molecule has 2 rings (SSSR count). The van der Waals surface area contributed by atoms with Crippen LogP contribution in [0.4, 0.5) is 0 Å². The van der Waals surface area contributed by atoms with Crippen LogP contribution < -0.4 is 0 Å². The van der Waals surface area contributed by atoms with Gasteiger partial charge in [-0.15, -0.1) is 0 Å². The van der Waals surface area contributed by atoms with Gasteiger partial charge in [0.05, 0.1) is 6.54 Å². The molecular weight excluding hydrogens is 331 g/mol. The summed E-state index contributed by atoms with van der Waals surface area (Å²) >= 11 is 6.23. The molecule has 0 fully saturated rings. The van der Waals surface area contributed by atoms with E-state index in [1.54, 1.807) is 4.57 Å². The molecule has 2 aromatic rings. The van der Waals surface area contributed by atoms with Crippen LogP contribution in [-0.4, -0.2) is 18.0 Å². The van der Waals surface area contributed by atoms with Gasteiger partial charge in [0.25, 0.3) is 9.05 Å². The van der Waals surface area contributed by atoms with Crippen molar-refractivity contribution in [2.45, 2.75) is 38.3 Å². The van der Waals surface area contributed by atoms with E-state index in [-0.39, 0.29) is 5.03 Å². The van der Waals surface area contributed by atoms with Gasteiger partial charge in [0, 0.05) is 28.3 Å². The van der Waals surface area contributed by atoms with Crippen molar-refractivity contribution < 1.29 is 8.42 Å². The average molecular weight is 347 g/mol. The van der Waals surface area contributed by atoms with Crippen LogP contribution >= 0.6 is 22.3 Å². The van der Waals surface area contributed by atoms with E-state index in [1.165, 1.54) is 6.20 Å². The van der Waals surface area contributed by atoms with E-state index in [1.807, 2.05) is 32.0 Å². The second kappa shape index (κ2) is 6.38. The molecule has 1 aromatic carbocycles. The minimum atomic E-state index is -3.82. The van der Waals surface area contributed by atoms with E-state index in [0.717, 1.165) is 17.5 Å². The quantitative estimate of drug-likeness (QED) is 0.774. The predicted molar refractivity (Wildman–Crippen MR) is 84.6 cm³/mol. The summed E-state index contributed by atoms with van der Waals surface area (Å²) in [5, 5.41) is 0.539. The third kappa shape index (κ3) is 3.99. The Morgan fingerprint density at radius 1 is 1.33 bits per heavy atom. The minimum absolute atomic E-state index is 0.115. The molecule has 0 aliphatic heterocycles. The Bertz CT molecular complexity index is 754. The number of aryl methyl sites for hydroxylation is 2. The molecule has 0 saturated heterocycles. The maximum Gasteiger partial charge on any atom is 0.280 e. The number of nitrogens with zero attached hydrogens (tertiary/aromatic N) is 2. The fraction of sp³-hybridized carbons (Fsp3) is 0.357. The van der Waals surface area contributed by atoms with Crippen LogP contribution in [0.25, 0.3) is 0 Å². The van der Waals surface area contributed by atoms with Gasteiger partial charge < -0.3 is 4.57 Å². The molecule has 114 valence electrons. The second-order valence-electron chi connectivity index (χ2n) is 4.91. The first-order valence-electron chi connectivity index (χ1n) is 6.57. The van der Waals surface area contributed by atoms with Gasteiger partial charge in [-0.1, -0.05) is 30.7 Å². The molecule has 0 aliphatic rings. The number of hydrogen-bond donors (Lipinski definition) is 0. The Morgan fingerprint density at radius 2 is 2.05 bits per heavy atom. The van der Waals surface area contributed by atoms with E-state index in [0.29, 0.717) is 23.8 Å². The SMILES string of the molecule is CCCc1nc(S(=O)(=O)Cl)cn1Cc1ccc(C)cc1Cl. The number of halogens is 2. The van der Waals surface area contributed by atoms with Crippen LogP contribution in [0.1, 0.15) is 30.3 Å². The minimum Gasteiger partial charge on any atom is -0.329 e. The van der Waals surface area contributed by atoms with Crippen LogP contribution in [0, 0.1) is 6.92 Å². The van der Waals surface area contributed by atoms with Gasteiger partial charge in [-0.05, 0) is 30.5 Å². The fourth-order valence-corrected chi connectivity index (χ4v) is 3.06. The molecule has 1 heterocycles. The first-order valence-corrected chi connectivity index (χ1v) is 9.25. The molecule has 0 radical (unpaired) electrons. The normalized spacial score (nSPS) is 11.8. The lowest BCUT2D eigenvalue weighted by Gasteiger charge is -2.09. The zero-order valence-electron chi connectivity index (χ0n) is 11.8. The largest absolute Gasteiger partial charge is 0.329 e. The molecule has 0 unspecified atom stereocenters. The Labute approximate surface area is 134 Å². The molecule has 0 bridgehead atoms. The molecule has 7 heteroatoms. The number of hydrogen-bond acceptors (Lipinski definition) is 3. The van der Waals surface area contributed by atoms with Crippen molar-refractivity contribution in [1.29, 1.82) is 0 Å². The highest BCUT2D eigenvalue weighted by Gasteiger charge is 2.18. The summed E-state index contributed by atoms with van der Waals surface area (Å²) in [5.74, 6) is 0.688. The lowest BCUT2D eigenvalue weighted by atomic mass is 10.1. The topological polar surface area (TPSA) is 52.0 Å². The molecule has 0 amide bonds. The number of rotatable bonds is 5. The highest BCUT2D eigenvalue weighted by atomic mass is 35.7. The van der Waals surface area contributed by atoms with Crippen molar-refractivity contribution in [2.24, 2.45) is 0 Å². The number of benzene rings is 1. The van der Waals surface area contributed by atoms with Crippen LogP contribution in [-0.2, 0) is 22.0 Å². The first kappa shape index (κ1) is 16.3. The first-order chi connectivity index (χ1) is 9.81. The van der Waals surface area contributed by atoms with Crippen molar-refractivity contribution in [1.82, 2.24) is 9.55 Å². The van der Waals surface area contributed by atoms with Gasteiger partial charge in [-0.3, -0.25) is 0 Å². The van der Waals surface area contributed by atoms with Gasteiger partial charge in [-0.2, -0.15) is 0 Å². The molecule has 0 spiro atoms. The molecule has 0 N–H and O–H groups in total. The molecule has 0 aliphatic carbocycles. The van der Waals surface area contributed by atoms with Crippen molar-refractivity contribution in [2.75, 3.05) is 0 Å². The summed E-state index contributed by atoms with van der Waals surface area (Å²) in [7, 11) is 1.54. The van der Waals surface area contributed by atoms with Crippen molar-refractivity contribution >= 4 is 31.3 Å². The van der Waals surface area contributed by atoms with Gasteiger partial charge in [0.1, 0.15) is 5.82 Å². The van der Waals surface area contributed by atoms with Crippen molar-refractivity contribution in [3.05, 3.63) is 46.4 Å². The maximum atomic E-state index is 11.4. The number of imidazole rings is 1. The molecule has 1 aromatic heterocycles. The van der Waals surface area contributed by atoms with Crippen LogP contribution in [0.5, 0.6) is 0 Å². The molecular formula is C14H16Cl2N2O2S. The summed E-state index contributed by atoms with van der Waals surface area (Å²) in [4.78, 5) is 4.11. The standard InChI is InChI=1S/C14H16Cl2N2O2S/c1-3-4-13-17-14(21(16,19)20)9-18(13)8-11-6-5-10(2)7-12(11)15/h5-7,9H,3-4,8H2,1-2H3. The molecule has 21 heavy (non-hydrogen) atoms. The van der Waals surface area contributed by atoms with E-state index < -0.39 is 9.05 Å². The van der Waals surface area contributed by atoms with Crippen LogP contribution in [0.2, 0.25) is 5.02 Å². The monoisotopic (exact) mass is 346 g/mol. The summed E-state index contributed by atoms with van der Waals surface area (Å²) in [6, 6.07) is 5.78. The van der Waals surface area contributed by atoms with Crippen molar-refractivity contribution in [3.8, 4) is 0 Å². The summed E-state index contributed by atoms with van der Waals surface area (Å²) in [6.45, 7) is 4.44. The third-order valence-electron chi connectivity index (χ3n) is 3.11. The lowest BCUT2D eigenvalue weighted by Crippen LogP contribution is -2.04. The smallest absolute Gasteiger partial charge is 0.280 e.